The van der Waals surface area contributed by atoms with Crippen molar-refractivity contribution in [2.45, 2.75) is 45.7 Å². The third kappa shape index (κ3) is 4.60. The zero-order chi connectivity index (χ0) is 13.5. The summed E-state index contributed by atoms with van der Waals surface area (Å²) in [5.74, 6) is 0.418. The Bertz CT molecular complexity index is 337. The summed E-state index contributed by atoms with van der Waals surface area (Å²) >= 11 is 5.92. The molecule has 1 aromatic carbocycles. The molecule has 0 aliphatic carbocycles. The van der Waals surface area contributed by atoms with Crippen LogP contribution in [-0.2, 0) is 0 Å². The van der Waals surface area contributed by atoms with E-state index in [9.17, 15) is 5.11 Å². The van der Waals surface area contributed by atoms with Crippen LogP contribution in [0.2, 0.25) is 5.02 Å². The molecule has 0 heterocycles. The van der Waals surface area contributed by atoms with Crippen LogP contribution in [0, 0.1) is 5.92 Å². The molecule has 2 atom stereocenters. The quantitative estimate of drug-likeness (QED) is 0.789. The van der Waals surface area contributed by atoms with E-state index in [1.807, 2.05) is 12.1 Å². The Morgan fingerprint density at radius 1 is 1.22 bits per heavy atom. The lowest BCUT2D eigenvalue weighted by molar-refractivity contribution is 0.196. The summed E-state index contributed by atoms with van der Waals surface area (Å²) in [5, 5.41) is 13.7. The highest BCUT2D eigenvalue weighted by Gasteiger charge is 2.18. The maximum Gasteiger partial charge on any atom is 0.0587 e. The first kappa shape index (κ1) is 15.5. The summed E-state index contributed by atoms with van der Waals surface area (Å²) in [6, 6.07) is 8.38. The zero-order valence-corrected chi connectivity index (χ0v) is 12.2. The van der Waals surface area contributed by atoms with Gasteiger partial charge in [0.25, 0.3) is 0 Å². The molecule has 0 radical (unpaired) electrons. The van der Waals surface area contributed by atoms with Crippen molar-refractivity contribution in [3.8, 4) is 0 Å². The molecule has 0 saturated carbocycles. The van der Waals surface area contributed by atoms with E-state index in [0.29, 0.717) is 5.92 Å². The Morgan fingerprint density at radius 2 is 1.83 bits per heavy atom. The summed E-state index contributed by atoms with van der Waals surface area (Å²) in [4.78, 5) is 0. The Morgan fingerprint density at radius 3 is 2.28 bits per heavy atom. The van der Waals surface area contributed by atoms with Gasteiger partial charge in [-0.25, -0.2) is 0 Å². The van der Waals surface area contributed by atoms with Crippen molar-refractivity contribution in [3.05, 3.63) is 34.9 Å². The van der Waals surface area contributed by atoms with Gasteiger partial charge in [0.1, 0.15) is 0 Å². The van der Waals surface area contributed by atoms with Gasteiger partial charge < -0.3 is 10.4 Å². The summed E-state index contributed by atoms with van der Waals surface area (Å²) in [6.07, 6.45) is 2.17. The standard InChI is InChI=1S/C15H24ClNO/c1-4-5-14(17-15(10-18)11(2)3)12-6-8-13(16)9-7-12/h6-9,11,14-15,17-18H,4-5,10H2,1-3H3/t14?,15-/m1/s1. The Hall–Kier alpha value is -0.570. The second-order valence-electron chi connectivity index (χ2n) is 5.09. The van der Waals surface area contributed by atoms with Crippen LogP contribution < -0.4 is 5.32 Å². The minimum atomic E-state index is 0.136. The molecule has 2 nitrogen and oxygen atoms in total. The number of halogens is 1. The molecule has 0 aliphatic rings. The van der Waals surface area contributed by atoms with Crippen molar-refractivity contribution in [2.75, 3.05) is 6.61 Å². The van der Waals surface area contributed by atoms with Crippen molar-refractivity contribution in [3.63, 3.8) is 0 Å². The Balaban J connectivity index is 2.78. The normalized spacial score (nSPS) is 14.8. The lowest BCUT2D eigenvalue weighted by Crippen LogP contribution is -2.39. The molecule has 0 bridgehead atoms. The SMILES string of the molecule is CCCC(N[C@H](CO)C(C)C)c1ccc(Cl)cc1. The molecule has 0 spiro atoms. The van der Waals surface area contributed by atoms with Crippen LogP contribution in [0.25, 0.3) is 0 Å². The third-order valence-corrected chi connectivity index (χ3v) is 3.52. The maximum atomic E-state index is 9.42. The summed E-state index contributed by atoms with van der Waals surface area (Å²) in [6.45, 7) is 6.59. The van der Waals surface area contributed by atoms with Gasteiger partial charge in [-0.15, -0.1) is 0 Å². The van der Waals surface area contributed by atoms with Gasteiger partial charge in [-0.1, -0.05) is 50.9 Å². The second kappa shape index (κ2) is 7.78. The molecule has 18 heavy (non-hydrogen) atoms. The van der Waals surface area contributed by atoms with Gasteiger partial charge in [0.15, 0.2) is 0 Å². The predicted molar refractivity (Wildman–Crippen MR) is 77.9 cm³/mol. The first-order valence-corrected chi connectivity index (χ1v) is 7.08. The van der Waals surface area contributed by atoms with Crippen LogP contribution in [0.15, 0.2) is 24.3 Å². The molecule has 0 saturated heterocycles. The fraction of sp³-hybridized carbons (Fsp3) is 0.600. The molecule has 1 aromatic rings. The van der Waals surface area contributed by atoms with E-state index < -0.39 is 0 Å². The van der Waals surface area contributed by atoms with E-state index in [4.69, 9.17) is 11.6 Å². The average molecular weight is 270 g/mol. The van der Waals surface area contributed by atoms with E-state index >= 15 is 0 Å². The van der Waals surface area contributed by atoms with Gasteiger partial charge in [-0.3, -0.25) is 0 Å². The lowest BCUT2D eigenvalue weighted by atomic mass is 9.98. The van der Waals surface area contributed by atoms with Crippen LogP contribution in [0.3, 0.4) is 0 Å². The van der Waals surface area contributed by atoms with E-state index in [1.54, 1.807) is 0 Å². The topological polar surface area (TPSA) is 32.3 Å². The Labute approximate surface area is 115 Å². The highest BCUT2D eigenvalue weighted by atomic mass is 35.5. The van der Waals surface area contributed by atoms with Crippen LogP contribution in [0.1, 0.15) is 45.2 Å². The number of nitrogens with one attached hydrogen (secondary N) is 1. The van der Waals surface area contributed by atoms with E-state index in [-0.39, 0.29) is 18.7 Å². The largest absolute Gasteiger partial charge is 0.395 e. The molecule has 1 rings (SSSR count). The second-order valence-corrected chi connectivity index (χ2v) is 5.53. The van der Waals surface area contributed by atoms with Gasteiger partial charge in [-0.05, 0) is 30.0 Å². The van der Waals surface area contributed by atoms with E-state index in [0.717, 1.165) is 17.9 Å². The summed E-state index contributed by atoms with van der Waals surface area (Å²) < 4.78 is 0. The van der Waals surface area contributed by atoms with Gasteiger partial charge in [0.05, 0.1) is 6.61 Å². The van der Waals surface area contributed by atoms with Crippen molar-refractivity contribution in [2.24, 2.45) is 5.92 Å². The molecule has 0 fully saturated rings. The molecular weight excluding hydrogens is 246 g/mol. The highest BCUT2D eigenvalue weighted by molar-refractivity contribution is 6.30. The van der Waals surface area contributed by atoms with Crippen molar-refractivity contribution in [1.29, 1.82) is 0 Å². The van der Waals surface area contributed by atoms with Crippen molar-refractivity contribution >= 4 is 11.6 Å². The summed E-state index contributed by atoms with van der Waals surface area (Å²) in [5.41, 5.74) is 1.24. The zero-order valence-electron chi connectivity index (χ0n) is 11.5. The van der Waals surface area contributed by atoms with Crippen molar-refractivity contribution < 1.29 is 5.11 Å². The fourth-order valence-electron chi connectivity index (χ4n) is 2.04. The molecular formula is C15H24ClNO. The molecule has 0 aliphatic heterocycles. The fourth-order valence-corrected chi connectivity index (χ4v) is 2.17. The van der Waals surface area contributed by atoms with E-state index in [1.165, 1.54) is 5.56 Å². The molecule has 3 heteroatoms. The van der Waals surface area contributed by atoms with Crippen LogP contribution in [0.5, 0.6) is 0 Å². The van der Waals surface area contributed by atoms with Gasteiger partial charge in [0, 0.05) is 17.1 Å². The molecule has 0 amide bonds. The first-order valence-electron chi connectivity index (χ1n) is 6.70. The van der Waals surface area contributed by atoms with Gasteiger partial charge in [-0.2, -0.15) is 0 Å². The Kier molecular flexibility index (Phi) is 6.69. The first-order chi connectivity index (χ1) is 8.58. The molecule has 102 valence electrons. The molecule has 0 aromatic heterocycles. The smallest absolute Gasteiger partial charge is 0.0587 e. The number of hydrogen-bond acceptors (Lipinski definition) is 2. The van der Waals surface area contributed by atoms with Gasteiger partial charge in [0.2, 0.25) is 0 Å². The van der Waals surface area contributed by atoms with Gasteiger partial charge >= 0.3 is 0 Å². The van der Waals surface area contributed by atoms with Crippen LogP contribution >= 0.6 is 11.6 Å². The van der Waals surface area contributed by atoms with E-state index in [2.05, 4.69) is 38.2 Å². The maximum absolute atomic E-state index is 9.42. The minimum absolute atomic E-state index is 0.136. The van der Waals surface area contributed by atoms with Crippen LogP contribution in [-0.4, -0.2) is 17.8 Å². The molecule has 2 N–H and O–H groups in total. The number of aliphatic hydroxyl groups excluding tert-OH is 1. The number of rotatable bonds is 7. The number of benzene rings is 1. The monoisotopic (exact) mass is 269 g/mol. The third-order valence-electron chi connectivity index (χ3n) is 3.27. The number of aliphatic hydroxyl groups is 1. The predicted octanol–water partition coefficient (Wildman–Crippen LogP) is 3.79. The molecule has 1 unspecified atom stereocenters. The average Bonchev–Trinajstić information content (AvgIpc) is 2.35. The lowest BCUT2D eigenvalue weighted by Gasteiger charge is -2.27. The highest BCUT2D eigenvalue weighted by Crippen LogP contribution is 2.22. The number of hydrogen-bond donors (Lipinski definition) is 2. The van der Waals surface area contributed by atoms with Crippen LogP contribution in [0.4, 0.5) is 0 Å². The minimum Gasteiger partial charge on any atom is -0.395 e. The van der Waals surface area contributed by atoms with Crippen molar-refractivity contribution in [1.82, 2.24) is 5.32 Å². The summed E-state index contributed by atoms with van der Waals surface area (Å²) in [7, 11) is 0.